The van der Waals surface area contributed by atoms with E-state index in [1.54, 1.807) is 0 Å². The summed E-state index contributed by atoms with van der Waals surface area (Å²) in [5.41, 5.74) is 0. The standard InChI is InChI=1S/C14H26O2/c1-3-5-9-16-10-8-13-11-12(4-2)6-7-14(13)15/h12-13H,3-11H2,1-2H3. The van der Waals surface area contributed by atoms with E-state index in [0.717, 1.165) is 51.2 Å². The molecule has 0 aromatic carbocycles. The summed E-state index contributed by atoms with van der Waals surface area (Å²) in [6.07, 6.45) is 7.50. The summed E-state index contributed by atoms with van der Waals surface area (Å²) in [6.45, 7) is 6.02. The molecule has 2 atom stereocenters. The van der Waals surface area contributed by atoms with Crippen molar-refractivity contribution in [2.75, 3.05) is 13.2 Å². The lowest BCUT2D eigenvalue weighted by Gasteiger charge is -2.27. The van der Waals surface area contributed by atoms with Crippen LogP contribution in [0.1, 0.15) is 58.8 Å². The predicted octanol–water partition coefficient (Wildman–Crippen LogP) is 3.59. The first kappa shape index (κ1) is 13.7. The van der Waals surface area contributed by atoms with Crippen LogP contribution in [0.4, 0.5) is 0 Å². The molecule has 0 aliphatic heterocycles. The number of carbonyl (C=O) groups excluding carboxylic acids is 1. The van der Waals surface area contributed by atoms with Crippen molar-refractivity contribution in [2.24, 2.45) is 11.8 Å². The molecule has 1 saturated carbocycles. The highest BCUT2D eigenvalue weighted by molar-refractivity contribution is 5.81. The number of ether oxygens (including phenoxy) is 1. The fourth-order valence-corrected chi connectivity index (χ4v) is 2.43. The van der Waals surface area contributed by atoms with Gasteiger partial charge in [-0.25, -0.2) is 0 Å². The lowest BCUT2D eigenvalue weighted by Crippen LogP contribution is -2.25. The Kier molecular flexibility index (Phi) is 6.70. The first-order valence-corrected chi connectivity index (χ1v) is 6.88. The molecule has 0 aromatic heterocycles. The Morgan fingerprint density at radius 2 is 2.12 bits per heavy atom. The second-order valence-corrected chi connectivity index (χ2v) is 4.97. The summed E-state index contributed by atoms with van der Waals surface area (Å²) >= 11 is 0. The van der Waals surface area contributed by atoms with Gasteiger partial charge in [-0.05, 0) is 31.6 Å². The van der Waals surface area contributed by atoms with Crippen LogP contribution < -0.4 is 0 Å². The second-order valence-electron chi connectivity index (χ2n) is 4.97. The first-order valence-electron chi connectivity index (χ1n) is 6.88. The Bertz CT molecular complexity index is 201. The number of hydrogen-bond acceptors (Lipinski definition) is 2. The molecular weight excluding hydrogens is 200 g/mol. The van der Waals surface area contributed by atoms with Crippen molar-refractivity contribution in [3.8, 4) is 0 Å². The van der Waals surface area contributed by atoms with Gasteiger partial charge in [-0.2, -0.15) is 0 Å². The zero-order chi connectivity index (χ0) is 11.8. The predicted molar refractivity (Wildman–Crippen MR) is 66.5 cm³/mol. The molecular formula is C14H26O2. The van der Waals surface area contributed by atoms with Gasteiger partial charge in [0.25, 0.3) is 0 Å². The van der Waals surface area contributed by atoms with Crippen molar-refractivity contribution in [1.82, 2.24) is 0 Å². The maximum Gasteiger partial charge on any atom is 0.136 e. The average molecular weight is 226 g/mol. The Labute approximate surface area is 99.8 Å². The Morgan fingerprint density at radius 3 is 2.81 bits per heavy atom. The normalized spacial score (nSPS) is 26.0. The van der Waals surface area contributed by atoms with Crippen LogP contribution in [0.3, 0.4) is 0 Å². The van der Waals surface area contributed by atoms with Gasteiger partial charge in [0.05, 0.1) is 0 Å². The fourth-order valence-electron chi connectivity index (χ4n) is 2.43. The molecule has 16 heavy (non-hydrogen) atoms. The van der Waals surface area contributed by atoms with Gasteiger partial charge in [-0.3, -0.25) is 4.79 Å². The van der Waals surface area contributed by atoms with Crippen molar-refractivity contribution < 1.29 is 9.53 Å². The van der Waals surface area contributed by atoms with E-state index in [1.165, 1.54) is 12.8 Å². The highest BCUT2D eigenvalue weighted by atomic mass is 16.5. The SMILES string of the molecule is CCCCOCCC1CC(CC)CCC1=O. The molecule has 0 amide bonds. The smallest absolute Gasteiger partial charge is 0.136 e. The lowest BCUT2D eigenvalue weighted by molar-refractivity contribution is -0.126. The molecule has 0 N–H and O–H groups in total. The molecule has 2 heteroatoms. The van der Waals surface area contributed by atoms with Crippen molar-refractivity contribution in [3.05, 3.63) is 0 Å². The minimum atomic E-state index is 0.292. The number of unbranched alkanes of at least 4 members (excludes halogenated alkanes) is 1. The van der Waals surface area contributed by atoms with Crippen LogP contribution in [0.25, 0.3) is 0 Å². The van der Waals surface area contributed by atoms with Crippen LogP contribution in [-0.4, -0.2) is 19.0 Å². The van der Waals surface area contributed by atoms with Crippen molar-refractivity contribution in [1.29, 1.82) is 0 Å². The molecule has 94 valence electrons. The third kappa shape index (κ3) is 4.65. The third-order valence-corrected chi connectivity index (χ3v) is 3.70. The van der Waals surface area contributed by atoms with Gasteiger partial charge < -0.3 is 4.74 Å². The van der Waals surface area contributed by atoms with E-state index in [2.05, 4.69) is 13.8 Å². The largest absolute Gasteiger partial charge is 0.381 e. The van der Waals surface area contributed by atoms with Crippen LogP contribution >= 0.6 is 0 Å². The zero-order valence-electron chi connectivity index (χ0n) is 10.8. The molecule has 1 aliphatic carbocycles. The van der Waals surface area contributed by atoms with E-state index in [9.17, 15) is 4.79 Å². The van der Waals surface area contributed by atoms with E-state index >= 15 is 0 Å². The summed E-state index contributed by atoms with van der Waals surface area (Å²) in [5.74, 6) is 1.54. The van der Waals surface area contributed by atoms with Gasteiger partial charge in [-0.1, -0.05) is 26.7 Å². The Morgan fingerprint density at radius 1 is 1.31 bits per heavy atom. The van der Waals surface area contributed by atoms with Crippen LogP contribution in [0, 0.1) is 11.8 Å². The zero-order valence-corrected chi connectivity index (χ0v) is 10.8. The van der Waals surface area contributed by atoms with Crippen molar-refractivity contribution in [3.63, 3.8) is 0 Å². The number of carbonyl (C=O) groups is 1. The molecule has 0 spiro atoms. The van der Waals surface area contributed by atoms with Crippen LogP contribution in [-0.2, 0) is 9.53 Å². The lowest BCUT2D eigenvalue weighted by atomic mass is 9.78. The second kappa shape index (κ2) is 7.83. The number of Topliss-reactive ketones (excluding diaryl/α,β-unsaturated/α-hetero) is 1. The maximum atomic E-state index is 11.7. The fraction of sp³-hybridized carbons (Fsp3) is 0.929. The van der Waals surface area contributed by atoms with E-state index in [0.29, 0.717) is 11.7 Å². The molecule has 0 aromatic rings. The molecule has 1 rings (SSSR count). The molecule has 2 nitrogen and oxygen atoms in total. The molecule has 0 radical (unpaired) electrons. The first-order chi connectivity index (χ1) is 7.77. The maximum absolute atomic E-state index is 11.7. The van der Waals surface area contributed by atoms with Crippen molar-refractivity contribution >= 4 is 5.78 Å². The number of hydrogen-bond donors (Lipinski definition) is 0. The molecule has 0 saturated heterocycles. The van der Waals surface area contributed by atoms with Crippen LogP contribution in [0.5, 0.6) is 0 Å². The van der Waals surface area contributed by atoms with Crippen molar-refractivity contribution in [2.45, 2.75) is 58.8 Å². The van der Waals surface area contributed by atoms with E-state index in [1.807, 2.05) is 0 Å². The quantitative estimate of drug-likeness (QED) is 0.620. The molecule has 2 unspecified atom stereocenters. The van der Waals surface area contributed by atoms with Crippen LogP contribution in [0.15, 0.2) is 0 Å². The summed E-state index contributed by atoms with van der Waals surface area (Å²) < 4.78 is 5.54. The van der Waals surface area contributed by atoms with Gasteiger partial charge >= 0.3 is 0 Å². The van der Waals surface area contributed by atoms with E-state index in [-0.39, 0.29) is 0 Å². The van der Waals surface area contributed by atoms with Gasteiger partial charge in [0.1, 0.15) is 5.78 Å². The summed E-state index contributed by atoms with van der Waals surface area (Å²) in [4.78, 5) is 11.7. The average Bonchev–Trinajstić information content (AvgIpc) is 2.31. The van der Waals surface area contributed by atoms with Gasteiger partial charge in [-0.15, -0.1) is 0 Å². The summed E-state index contributed by atoms with van der Waals surface area (Å²) in [6, 6.07) is 0. The minimum absolute atomic E-state index is 0.292. The highest BCUT2D eigenvalue weighted by Gasteiger charge is 2.27. The number of rotatable bonds is 7. The molecule has 0 heterocycles. The monoisotopic (exact) mass is 226 g/mol. The van der Waals surface area contributed by atoms with E-state index < -0.39 is 0 Å². The third-order valence-electron chi connectivity index (χ3n) is 3.70. The molecule has 0 bridgehead atoms. The molecule has 1 fully saturated rings. The number of ketones is 1. The molecule has 1 aliphatic rings. The summed E-state index contributed by atoms with van der Waals surface area (Å²) in [5, 5.41) is 0. The highest BCUT2D eigenvalue weighted by Crippen LogP contribution is 2.30. The van der Waals surface area contributed by atoms with Gasteiger partial charge in [0.15, 0.2) is 0 Å². The van der Waals surface area contributed by atoms with Gasteiger partial charge in [0, 0.05) is 25.6 Å². The topological polar surface area (TPSA) is 26.3 Å². The van der Waals surface area contributed by atoms with Gasteiger partial charge in [0.2, 0.25) is 0 Å². The Hall–Kier alpha value is -0.370. The Balaban J connectivity index is 2.16. The minimum Gasteiger partial charge on any atom is -0.381 e. The van der Waals surface area contributed by atoms with Crippen LogP contribution in [0.2, 0.25) is 0 Å². The van der Waals surface area contributed by atoms with E-state index in [4.69, 9.17) is 4.74 Å². The summed E-state index contributed by atoms with van der Waals surface area (Å²) in [7, 11) is 0.